The molecule has 0 radical (unpaired) electrons. The number of anilines is 1. The zero-order valence-corrected chi connectivity index (χ0v) is 14.2. The predicted molar refractivity (Wildman–Crippen MR) is 96.2 cm³/mol. The Morgan fingerprint density at radius 1 is 1.22 bits per heavy atom. The lowest BCUT2D eigenvalue weighted by Gasteiger charge is -2.14. The van der Waals surface area contributed by atoms with Crippen LogP contribution in [0.5, 0.6) is 5.75 Å². The molecule has 0 saturated carbocycles. The maximum Gasteiger partial charge on any atom is 0.226 e. The molecule has 1 amide bonds. The average Bonchev–Trinajstić information content (AvgIpc) is 2.51. The second-order valence-corrected chi connectivity index (χ2v) is 5.18. The Kier molecular flexibility index (Phi) is 7.59. The Hall–Kier alpha value is -2.04. The summed E-state index contributed by atoms with van der Waals surface area (Å²) in [4.78, 5) is 12.1. The molecule has 0 aliphatic rings. The topological polar surface area (TPSA) is 64.3 Å². The summed E-state index contributed by atoms with van der Waals surface area (Å²) in [7, 11) is 0. The summed E-state index contributed by atoms with van der Waals surface area (Å²) in [5, 5.41) is 2.91. The van der Waals surface area contributed by atoms with Crippen LogP contribution in [0.25, 0.3) is 0 Å². The second kappa shape index (κ2) is 9.18. The van der Waals surface area contributed by atoms with Crippen molar-refractivity contribution in [3.63, 3.8) is 0 Å². The number of aryl methyl sites for hydroxylation is 1. The lowest BCUT2D eigenvalue weighted by molar-refractivity contribution is -0.116. The van der Waals surface area contributed by atoms with E-state index in [1.165, 1.54) is 0 Å². The monoisotopic (exact) mass is 334 g/mol. The van der Waals surface area contributed by atoms with Crippen molar-refractivity contribution in [2.75, 3.05) is 11.9 Å². The summed E-state index contributed by atoms with van der Waals surface area (Å²) >= 11 is 0. The molecule has 0 aromatic heterocycles. The van der Waals surface area contributed by atoms with Crippen LogP contribution in [0.1, 0.15) is 30.5 Å². The molecule has 2 rings (SSSR count). The van der Waals surface area contributed by atoms with E-state index in [9.17, 15) is 4.79 Å². The SMILES string of the molecule is CCOc1ccc(NC(=O)CC(N)c2ccccc2)c(C)c1.Cl. The van der Waals surface area contributed by atoms with Crippen molar-refractivity contribution in [2.24, 2.45) is 5.73 Å². The normalized spacial score (nSPS) is 11.3. The van der Waals surface area contributed by atoms with Gasteiger partial charge in [-0.3, -0.25) is 4.79 Å². The van der Waals surface area contributed by atoms with Gasteiger partial charge in [0.05, 0.1) is 6.61 Å². The van der Waals surface area contributed by atoms with Crippen molar-refractivity contribution in [1.82, 2.24) is 0 Å². The van der Waals surface area contributed by atoms with E-state index < -0.39 is 0 Å². The highest BCUT2D eigenvalue weighted by atomic mass is 35.5. The average molecular weight is 335 g/mol. The molecule has 124 valence electrons. The van der Waals surface area contributed by atoms with Gasteiger partial charge in [-0.2, -0.15) is 0 Å². The van der Waals surface area contributed by atoms with Gasteiger partial charge in [-0.15, -0.1) is 12.4 Å². The van der Waals surface area contributed by atoms with E-state index in [0.29, 0.717) is 6.61 Å². The number of hydrogen-bond donors (Lipinski definition) is 2. The van der Waals surface area contributed by atoms with Gasteiger partial charge in [-0.25, -0.2) is 0 Å². The first-order valence-corrected chi connectivity index (χ1v) is 7.44. The summed E-state index contributed by atoms with van der Waals surface area (Å²) in [5.41, 5.74) is 8.78. The fourth-order valence-corrected chi connectivity index (χ4v) is 2.25. The van der Waals surface area contributed by atoms with Gasteiger partial charge in [0.15, 0.2) is 0 Å². The highest BCUT2D eigenvalue weighted by molar-refractivity contribution is 5.92. The Morgan fingerprint density at radius 3 is 2.52 bits per heavy atom. The molecule has 2 aromatic rings. The number of hydrogen-bond acceptors (Lipinski definition) is 3. The van der Waals surface area contributed by atoms with Crippen molar-refractivity contribution in [3.8, 4) is 5.75 Å². The highest BCUT2D eigenvalue weighted by Gasteiger charge is 2.12. The van der Waals surface area contributed by atoms with Gasteiger partial charge in [0.25, 0.3) is 0 Å². The molecule has 1 atom stereocenters. The van der Waals surface area contributed by atoms with Crippen LogP contribution in [0.3, 0.4) is 0 Å². The van der Waals surface area contributed by atoms with Gasteiger partial charge in [-0.05, 0) is 43.2 Å². The van der Waals surface area contributed by atoms with Gasteiger partial charge in [0.2, 0.25) is 5.91 Å². The third-order valence-electron chi connectivity index (χ3n) is 3.42. The highest BCUT2D eigenvalue weighted by Crippen LogP contribution is 2.22. The van der Waals surface area contributed by atoms with E-state index >= 15 is 0 Å². The van der Waals surface area contributed by atoms with Crippen molar-refractivity contribution in [1.29, 1.82) is 0 Å². The molecule has 23 heavy (non-hydrogen) atoms. The predicted octanol–water partition coefficient (Wildman–Crippen LogP) is 3.84. The minimum Gasteiger partial charge on any atom is -0.494 e. The largest absolute Gasteiger partial charge is 0.494 e. The van der Waals surface area contributed by atoms with E-state index in [1.54, 1.807) is 0 Å². The molecule has 3 N–H and O–H groups in total. The van der Waals surface area contributed by atoms with Crippen LogP contribution < -0.4 is 15.8 Å². The lowest BCUT2D eigenvalue weighted by Crippen LogP contribution is -2.20. The summed E-state index contributed by atoms with van der Waals surface area (Å²) < 4.78 is 5.44. The van der Waals surface area contributed by atoms with Gasteiger partial charge >= 0.3 is 0 Å². The van der Waals surface area contributed by atoms with Crippen molar-refractivity contribution in [2.45, 2.75) is 26.3 Å². The fraction of sp³-hybridized carbons (Fsp3) is 0.278. The van der Waals surface area contributed by atoms with Crippen molar-refractivity contribution in [3.05, 3.63) is 59.7 Å². The van der Waals surface area contributed by atoms with Crippen LogP contribution in [0.4, 0.5) is 5.69 Å². The van der Waals surface area contributed by atoms with Crippen LogP contribution in [-0.2, 0) is 4.79 Å². The number of nitrogens with two attached hydrogens (primary N) is 1. The Balaban J connectivity index is 0.00000264. The number of ether oxygens (including phenoxy) is 1. The lowest BCUT2D eigenvalue weighted by atomic mass is 10.0. The molecule has 0 spiro atoms. The third kappa shape index (κ3) is 5.58. The number of amides is 1. The van der Waals surface area contributed by atoms with E-state index in [0.717, 1.165) is 22.6 Å². The number of benzene rings is 2. The molecule has 0 heterocycles. The summed E-state index contributed by atoms with van der Waals surface area (Å²) in [5.74, 6) is 0.711. The molecule has 0 aliphatic carbocycles. The molecule has 5 heteroatoms. The van der Waals surface area contributed by atoms with Gasteiger partial charge in [0, 0.05) is 18.2 Å². The maximum atomic E-state index is 12.1. The molecule has 1 unspecified atom stereocenters. The Morgan fingerprint density at radius 2 is 1.91 bits per heavy atom. The fourth-order valence-electron chi connectivity index (χ4n) is 2.25. The minimum absolute atomic E-state index is 0. The zero-order valence-electron chi connectivity index (χ0n) is 13.4. The van der Waals surface area contributed by atoms with Crippen molar-refractivity contribution < 1.29 is 9.53 Å². The van der Waals surface area contributed by atoms with Crippen LogP contribution in [-0.4, -0.2) is 12.5 Å². The molecule has 0 fully saturated rings. The number of nitrogens with one attached hydrogen (secondary N) is 1. The molecule has 2 aromatic carbocycles. The first-order valence-electron chi connectivity index (χ1n) is 7.44. The standard InChI is InChI=1S/C18H22N2O2.ClH/c1-3-22-15-9-10-17(13(2)11-15)20-18(21)12-16(19)14-7-5-4-6-8-14;/h4-11,16H,3,12,19H2,1-2H3,(H,20,21);1H. The first-order chi connectivity index (χ1) is 10.6. The van der Waals surface area contributed by atoms with Crippen LogP contribution in [0.15, 0.2) is 48.5 Å². The first kappa shape index (κ1) is 19.0. The third-order valence-corrected chi connectivity index (χ3v) is 3.42. The minimum atomic E-state index is -0.302. The number of carbonyl (C=O) groups excluding carboxylic acids is 1. The Labute approximate surface area is 143 Å². The van der Waals surface area contributed by atoms with E-state index in [-0.39, 0.29) is 30.8 Å². The summed E-state index contributed by atoms with van der Waals surface area (Å²) in [6.07, 6.45) is 0.247. The van der Waals surface area contributed by atoms with Gasteiger partial charge in [0.1, 0.15) is 5.75 Å². The van der Waals surface area contributed by atoms with Crippen LogP contribution >= 0.6 is 12.4 Å². The smallest absolute Gasteiger partial charge is 0.226 e. The molecular formula is C18H23ClN2O2. The maximum absolute atomic E-state index is 12.1. The molecule has 0 saturated heterocycles. The van der Waals surface area contributed by atoms with Crippen LogP contribution in [0, 0.1) is 6.92 Å². The number of rotatable bonds is 6. The number of halogens is 1. The van der Waals surface area contributed by atoms with E-state index in [4.69, 9.17) is 10.5 Å². The van der Waals surface area contributed by atoms with Crippen LogP contribution in [0.2, 0.25) is 0 Å². The molecular weight excluding hydrogens is 312 g/mol. The Bertz CT molecular complexity index is 632. The zero-order chi connectivity index (χ0) is 15.9. The number of carbonyl (C=O) groups is 1. The second-order valence-electron chi connectivity index (χ2n) is 5.18. The molecule has 0 aliphatic heterocycles. The van der Waals surface area contributed by atoms with Crippen molar-refractivity contribution >= 4 is 24.0 Å². The van der Waals surface area contributed by atoms with Gasteiger partial charge < -0.3 is 15.8 Å². The van der Waals surface area contributed by atoms with E-state index in [1.807, 2.05) is 62.4 Å². The summed E-state index contributed by atoms with van der Waals surface area (Å²) in [6.45, 7) is 4.50. The molecule has 0 bridgehead atoms. The van der Waals surface area contributed by atoms with E-state index in [2.05, 4.69) is 5.32 Å². The van der Waals surface area contributed by atoms with Gasteiger partial charge in [-0.1, -0.05) is 30.3 Å². The quantitative estimate of drug-likeness (QED) is 0.843. The molecule has 4 nitrogen and oxygen atoms in total. The summed E-state index contributed by atoms with van der Waals surface area (Å²) in [6, 6.07) is 14.9.